The Bertz CT molecular complexity index is 1330. The maximum absolute atomic E-state index is 13.9. The maximum atomic E-state index is 13.9. The van der Waals surface area contributed by atoms with Crippen molar-refractivity contribution >= 4 is 11.8 Å². The van der Waals surface area contributed by atoms with Gasteiger partial charge in [0.05, 0.1) is 12.3 Å². The molecule has 214 valence electrons. The van der Waals surface area contributed by atoms with Crippen LogP contribution in [0.15, 0.2) is 94.1 Å². The van der Waals surface area contributed by atoms with E-state index in [0.29, 0.717) is 44.0 Å². The van der Waals surface area contributed by atoms with Gasteiger partial charge in [-0.1, -0.05) is 65.8 Å². The van der Waals surface area contributed by atoms with Crippen LogP contribution in [0.25, 0.3) is 11.5 Å². The summed E-state index contributed by atoms with van der Waals surface area (Å²) in [6, 6.07) is 25.4. The smallest absolute Gasteiger partial charge is 0.273 e. The van der Waals surface area contributed by atoms with Crippen molar-refractivity contribution in [2.24, 2.45) is 0 Å². The van der Waals surface area contributed by atoms with Gasteiger partial charge < -0.3 is 29.8 Å². The lowest BCUT2D eigenvalue weighted by Gasteiger charge is -2.29. The van der Waals surface area contributed by atoms with E-state index >= 15 is 0 Å². The molecule has 2 unspecified atom stereocenters. The molecule has 3 heterocycles. The van der Waals surface area contributed by atoms with Crippen LogP contribution in [0.4, 0.5) is 0 Å². The lowest BCUT2D eigenvalue weighted by atomic mass is 9.90. The van der Waals surface area contributed by atoms with Crippen molar-refractivity contribution in [2.75, 3.05) is 33.2 Å². The molecule has 0 bridgehead atoms. The van der Waals surface area contributed by atoms with E-state index in [9.17, 15) is 9.59 Å². The number of nitrogens with one attached hydrogen (secondary N) is 3. The topological polar surface area (TPSA) is 113 Å². The first-order chi connectivity index (χ1) is 20.1. The first-order valence-electron chi connectivity index (χ1n) is 14.2. The van der Waals surface area contributed by atoms with Gasteiger partial charge in [-0.2, -0.15) is 0 Å². The molecule has 1 aliphatic rings. The molecule has 2 amide bonds. The van der Waals surface area contributed by atoms with Gasteiger partial charge in [0.25, 0.3) is 5.91 Å². The van der Waals surface area contributed by atoms with Crippen molar-refractivity contribution in [3.05, 3.63) is 102 Å². The number of carbonyl (C=O) groups excluding carboxylic acids is 2. The summed E-state index contributed by atoms with van der Waals surface area (Å²) in [5.41, 5.74) is 2.54. The molecule has 2 aromatic heterocycles. The van der Waals surface area contributed by atoms with Crippen LogP contribution in [0.2, 0.25) is 0 Å². The predicted octanol–water partition coefficient (Wildman–Crippen LogP) is 4.06. The number of nitrogens with zero attached hydrogens (tertiary/aromatic N) is 2. The van der Waals surface area contributed by atoms with Crippen molar-refractivity contribution in [1.82, 2.24) is 26.0 Å². The average molecular weight is 556 g/mol. The third kappa shape index (κ3) is 7.31. The quantitative estimate of drug-likeness (QED) is 0.226. The van der Waals surface area contributed by atoms with Crippen LogP contribution in [0.1, 0.15) is 46.8 Å². The summed E-state index contributed by atoms with van der Waals surface area (Å²) < 4.78 is 10.6. The maximum Gasteiger partial charge on any atom is 0.273 e. The fraction of sp³-hybridized carbons (Fsp3) is 0.344. The number of hydrogen-bond donors (Lipinski definition) is 3. The normalized spacial score (nSPS) is 17.5. The van der Waals surface area contributed by atoms with E-state index in [-0.39, 0.29) is 35.5 Å². The number of hydrogen-bond acceptors (Lipinski definition) is 7. The Kier molecular flexibility index (Phi) is 9.61. The second-order valence-corrected chi connectivity index (χ2v) is 10.4. The molecule has 2 atom stereocenters. The summed E-state index contributed by atoms with van der Waals surface area (Å²) in [4.78, 5) is 28.7. The van der Waals surface area contributed by atoms with Crippen LogP contribution in [-0.4, -0.2) is 67.2 Å². The Morgan fingerprint density at radius 3 is 2.44 bits per heavy atom. The molecule has 3 N–H and O–H groups in total. The van der Waals surface area contributed by atoms with Crippen LogP contribution in [-0.2, 0) is 4.79 Å². The van der Waals surface area contributed by atoms with E-state index in [1.165, 1.54) is 17.4 Å². The van der Waals surface area contributed by atoms with E-state index in [0.717, 1.165) is 13.0 Å². The van der Waals surface area contributed by atoms with Crippen molar-refractivity contribution in [1.29, 1.82) is 0 Å². The molecular weight excluding hydrogens is 518 g/mol. The number of amides is 2. The van der Waals surface area contributed by atoms with E-state index in [2.05, 4.69) is 45.4 Å². The summed E-state index contributed by atoms with van der Waals surface area (Å²) in [6.45, 7) is 2.38. The first kappa shape index (κ1) is 28.3. The lowest BCUT2D eigenvalue weighted by Crippen LogP contribution is -2.49. The van der Waals surface area contributed by atoms with Crippen molar-refractivity contribution in [3.8, 4) is 11.5 Å². The van der Waals surface area contributed by atoms with Crippen LogP contribution < -0.4 is 16.0 Å². The first-order valence-corrected chi connectivity index (χ1v) is 14.2. The molecule has 1 aliphatic heterocycles. The molecule has 0 saturated carbocycles. The minimum atomic E-state index is -0.336. The number of furan rings is 1. The summed E-state index contributed by atoms with van der Waals surface area (Å²) >= 11 is 0. The highest BCUT2D eigenvalue weighted by molar-refractivity contribution is 5.93. The summed E-state index contributed by atoms with van der Waals surface area (Å²) in [5, 5.41) is 13.6. The molecule has 9 heteroatoms. The predicted molar refractivity (Wildman–Crippen MR) is 156 cm³/mol. The third-order valence-electron chi connectivity index (χ3n) is 7.54. The minimum absolute atomic E-state index is 0.0612. The van der Waals surface area contributed by atoms with Gasteiger partial charge in [0.1, 0.15) is 0 Å². The monoisotopic (exact) mass is 555 g/mol. The van der Waals surface area contributed by atoms with Gasteiger partial charge in [0, 0.05) is 37.7 Å². The van der Waals surface area contributed by atoms with E-state index < -0.39 is 0 Å². The van der Waals surface area contributed by atoms with E-state index in [4.69, 9.17) is 8.94 Å². The molecule has 2 aromatic carbocycles. The molecule has 41 heavy (non-hydrogen) atoms. The second kappa shape index (κ2) is 13.9. The molecule has 0 spiro atoms. The summed E-state index contributed by atoms with van der Waals surface area (Å²) in [5.74, 6) is 0.734. The highest BCUT2D eigenvalue weighted by Gasteiger charge is 2.32. The van der Waals surface area contributed by atoms with Crippen LogP contribution >= 0.6 is 0 Å². The van der Waals surface area contributed by atoms with Crippen molar-refractivity contribution < 1.29 is 18.5 Å². The van der Waals surface area contributed by atoms with Gasteiger partial charge in [-0.25, -0.2) is 0 Å². The lowest BCUT2D eigenvalue weighted by molar-refractivity contribution is -0.133. The largest absolute Gasteiger partial charge is 0.461 e. The zero-order chi connectivity index (χ0) is 28.4. The molecule has 1 saturated heterocycles. The number of benzene rings is 2. The Balaban J connectivity index is 1.28. The zero-order valence-electron chi connectivity index (χ0n) is 23.3. The summed E-state index contributed by atoms with van der Waals surface area (Å²) in [7, 11) is 1.92. The van der Waals surface area contributed by atoms with Crippen molar-refractivity contribution in [2.45, 2.75) is 37.3 Å². The molecule has 5 rings (SSSR count). The van der Waals surface area contributed by atoms with Gasteiger partial charge in [-0.05, 0) is 56.1 Å². The van der Waals surface area contributed by atoms with Crippen LogP contribution in [0.5, 0.6) is 0 Å². The number of carbonyl (C=O) groups is 2. The fourth-order valence-electron chi connectivity index (χ4n) is 5.33. The Morgan fingerprint density at radius 2 is 1.78 bits per heavy atom. The van der Waals surface area contributed by atoms with Gasteiger partial charge in [-0.15, -0.1) is 0 Å². The molecule has 9 nitrogen and oxygen atoms in total. The van der Waals surface area contributed by atoms with Gasteiger partial charge >= 0.3 is 0 Å². The highest BCUT2D eigenvalue weighted by Crippen LogP contribution is 2.27. The van der Waals surface area contributed by atoms with E-state index in [1.54, 1.807) is 18.2 Å². The summed E-state index contributed by atoms with van der Waals surface area (Å²) in [6.07, 6.45) is 3.82. The standard InChI is InChI=1S/C32H37N5O4/c1-33-17-8-14-27-32(39)37(22-26(23-10-4-2-5-11-23)24-12-6-3-7-13-24)18-16-25(35-27)21-34-31(38)28-20-30(41-36-28)29-15-9-19-40-29/h2-7,9-13,15,19-20,25-27,33,35H,8,14,16-18,21-22H2,1H3,(H,34,38). The van der Waals surface area contributed by atoms with Gasteiger partial charge in [0.2, 0.25) is 11.7 Å². The SMILES string of the molecule is CNCCCC1NC(CNC(=O)c2cc(-c3ccco3)on2)CCN(CC(c2ccccc2)c2ccccc2)C1=O. The Hall–Kier alpha value is -4.21. The number of aromatic nitrogens is 1. The third-order valence-corrected chi connectivity index (χ3v) is 7.54. The average Bonchev–Trinajstić information content (AvgIpc) is 3.70. The fourth-order valence-corrected chi connectivity index (χ4v) is 5.33. The molecular formula is C32H37N5O4. The highest BCUT2D eigenvalue weighted by atomic mass is 16.5. The minimum Gasteiger partial charge on any atom is -0.461 e. The van der Waals surface area contributed by atoms with Gasteiger partial charge in [-0.3, -0.25) is 9.59 Å². The number of rotatable bonds is 12. The zero-order valence-corrected chi connectivity index (χ0v) is 23.3. The molecule has 0 aliphatic carbocycles. The van der Waals surface area contributed by atoms with Gasteiger partial charge in [0.15, 0.2) is 11.5 Å². The van der Waals surface area contributed by atoms with Crippen LogP contribution in [0, 0.1) is 0 Å². The second-order valence-electron chi connectivity index (χ2n) is 10.4. The molecule has 4 aromatic rings. The Labute approximate surface area is 240 Å². The molecule has 1 fully saturated rings. The van der Waals surface area contributed by atoms with E-state index in [1.807, 2.05) is 48.3 Å². The Morgan fingerprint density at radius 1 is 1.05 bits per heavy atom. The van der Waals surface area contributed by atoms with Crippen molar-refractivity contribution in [3.63, 3.8) is 0 Å². The molecule has 0 radical (unpaired) electrons. The van der Waals surface area contributed by atoms with Crippen LogP contribution in [0.3, 0.4) is 0 Å².